The van der Waals surface area contributed by atoms with Crippen LogP contribution in [0, 0.1) is 0 Å². The van der Waals surface area contributed by atoms with Crippen molar-refractivity contribution in [2.45, 2.75) is 13.3 Å². The van der Waals surface area contributed by atoms with Gasteiger partial charge in [-0.3, -0.25) is 10.1 Å². The van der Waals surface area contributed by atoms with Gasteiger partial charge in [0.05, 0.1) is 17.5 Å². The van der Waals surface area contributed by atoms with Crippen LogP contribution < -0.4 is 5.32 Å². The zero-order valence-electron chi connectivity index (χ0n) is 8.77. The molecule has 1 aromatic carbocycles. The topological polar surface area (TPSA) is 59.3 Å². The molecular formula is C11H10N4O. The van der Waals surface area contributed by atoms with E-state index in [-0.39, 0.29) is 5.91 Å². The van der Waals surface area contributed by atoms with Crippen LogP contribution in [0.2, 0.25) is 0 Å². The summed E-state index contributed by atoms with van der Waals surface area (Å²) in [7, 11) is 0. The number of amides is 1. The molecule has 5 nitrogen and oxygen atoms in total. The molecule has 3 rings (SSSR count). The quantitative estimate of drug-likeness (QED) is 0.724. The molecule has 0 unspecified atom stereocenters. The SMILES string of the molecule is CC1=Nn2c(nc3ccccc32)NC(=O)C1. The van der Waals surface area contributed by atoms with E-state index in [2.05, 4.69) is 15.4 Å². The Kier molecular flexibility index (Phi) is 1.80. The van der Waals surface area contributed by atoms with Gasteiger partial charge in [0.15, 0.2) is 0 Å². The van der Waals surface area contributed by atoms with Gasteiger partial charge in [-0.25, -0.2) is 4.98 Å². The summed E-state index contributed by atoms with van der Waals surface area (Å²) in [4.78, 5) is 15.8. The van der Waals surface area contributed by atoms with Gasteiger partial charge in [0.25, 0.3) is 0 Å². The number of imidazole rings is 1. The van der Waals surface area contributed by atoms with Gasteiger partial charge in [-0.1, -0.05) is 12.1 Å². The number of carbonyl (C=O) groups excluding carboxylic acids is 1. The Labute approximate surface area is 91.8 Å². The number of anilines is 1. The maximum atomic E-state index is 11.5. The van der Waals surface area contributed by atoms with Gasteiger partial charge in [0.1, 0.15) is 0 Å². The Hall–Kier alpha value is -2.17. The zero-order valence-corrected chi connectivity index (χ0v) is 8.77. The minimum Gasteiger partial charge on any atom is -0.294 e. The first-order chi connectivity index (χ1) is 7.74. The number of para-hydroxylation sites is 2. The zero-order chi connectivity index (χ0) is 11.1. The van der Waals surface area contributed by atoms with Crippen LogP contribution in [0.15, 0.2) is 29.4 Å². The van der Waals surface area contributed by atoms with Crippen molar-refractivity contribution in [1.29, 1.82) is 0 Å². The molecule has 80 valence electrons. The fourth-order valence-electron chi connectivity index (χ4n) is 1.80. The number of nitrogens with zero attached hydrogens (tertiary/aromatic N) is 3. The molecule has 5 heteroatoms. The molecule has 0 saturated heterocycles. The van der Waals surface area contributed by atoms with Crippen molar-refractivity contribution in [3.05, 3.63) is 24.3 Å². The van der Waals surface area contributed by atoms with Gasteiger partial charge in [0, 0.05) is 5.71 Å². The summed E-state index contributed by atoms with van der Waals surface area (Å²) in [6, 6.07) is 7.66. The average molecular weight is 214 g/mol. The molecule has 0 radical (unpaired) electrons. The normalized spacial score (nSPS) is 15.3. The van der Waals surface area contributed by atoms with Gasteiger partial charge >= 0.3 is 0 Å². The van der Waals surface area contributed by atoms with Gasteiger partial charge in [0.2, 0.25) is 11.9 Å². The van der Waals surface area contributed by atoms with Gasteiger partial charge in [-0.2, -0.15) is 9.78 Å². The number of hydrogen-bond donors (Lipinski definition) is 1. The fourth-order valence-corrected chi connectivity index (χ4v) is 1.80. The van der Waals surface area contributed by atoms with Gasteiger partial charge in [-0.15, -0.1) is 0 Å². The minimum atomic E-state index is -0.0738. The molecule has 0 aliphatic carbocycles. The van der Waals surface area contributed by atoms with Crippen LogP contribution in [0.3, 0.4) is 0 Å². The molecule has 0 fully saturated rings. The Bertz CT molecular complexity index is 611. The summed E-state index contributed by atoms with van der Waals surface area (Å²) >= 11 is 0. The predicted molar refractivity (Wildman–Crippen MR) is 61.5 cm³/mol. The van der Waals surface area contributed by atoms with Crippen molar-refractivity contribution in [3.63, 3.8) is 0 Å². The third kappa shape index (κ3) is 1.29. The molecule has 1 aliphatic rings. The van der Waals surface area contributed by atoms with E-state index in [4.69, 9.17) is 0 Å². The third-order valence-electron chi connectivity index (χ3n) is 2.48. The molecule has 16 heavy (non-hydrogen) atoms. The second-order valence-corrected chi connectivity index (χ2v) is 3.80. The summed E-state index contributed by atoms with van der Waals surface area (Å²) < 4.78 is 1.68. The fraction of sp³-hybridized carbons (Fsp3) is 0.182. The number of carbonyl (C=O) groups is 1. The molecule has 2 heterocycles. The Morgan fingerprint density at radius 3 is 3.06 bits per heavy atom. The van der Waals surface area contributed by atoms with Crippen LogP contribution in [0.25, 0.3) is 11.0 Å². The van der Waals surface area contributed by atoms with Crippen molar-refractivity contribution < 1.29 is 4.79 Å². The molecule has 1 aliphatic heterocycles. The summed E-state index contributed by atoms with van der Waals surface area (Å²) in [6.45, 7) is 1.84. The number of hydrogen-bond acceptors (Lipinski definition) is 3. The smallest absolute Gasteiger partial charge is 0.232 e. The van der Waals surface area contributed by atoms with Crippen molar-refractivity contribution in [2.75, 3.05) is 5.32 Å². The van der Waals surface area contributed by atoms with E-state index in [1.807, 2.05) is 31.2 Å². The van der Waals surface area contributed by atoms with E-state index in [0.717, 1.165) is 16.7 Å². The van der Waals surface area contributed by atoms with Crippen molar-refractivity contribution >= 4 is 28.6 Å². The standard InChI is InChI=1S/C11H10N4O/c1-7-6-10(16)13-11-12-8-4-2-3-5-9(8)15(11)14-7/h2-5H,6H2,1H3,(H,12,13,16). The van der Waals surface area contributed by atoms with E-state index in [1.54, 1.807) is 4.68 Å². The first kappa shape index (κ1) is 9.08. The van der Waals surface area contributed by atoms with E-state index in [1.165, 1.54) is 0 Å². The molecule has 0 spiro atoms. The lowest BCUT2D eigenvalue weighted by molar-refractivity contribution is -0.115. The lowest BCUT2D eigenvalue weighted by atomic mass is 10.3. The first-order valence-corrected chi connectivity index (χ1v) is 5.06. The first-order valence-electron chi connectivity index (χ1n) is 5.06. The third-order valence-corrected chi connectivity index (χ3v) is 2.48. The van der Waals surface area contributed by atoms with E-state index >= 15 is 0 Å². The predicted octanol–water partition coefficient (Wildman–Crippen LogP) is 1.60. The highest BCUT2D eigenvalue weighted by Crippen LogP contribution is 2.21. The van der Waals surface area contributed by atoms with E-state index in [0.29, 0.717) is 12.4 Å². The van der Waals surface area contributed by atoms with Gasteiger partial charge in [-0.05, 0) is 19.1 Å². The number of rotatable bonds is 0. The van der Waals surface area contributed by atoms with Crippen LogP contribution in [0.4, 0.5) is 5.95 Å². The maximum Gasteiger partial charge on any atom is 0.232 e. The number of nitrogens with one attached hydrogen (secondary N) is 1. The summed E-state index contributed by atoms with van der Waals surface area (Å²) in [6.07, 6.45) is 0.317. The molecule has 1 N–H and O–H groups in total. The lowest BCUT2D eigenvalue weighted by Gasteiger charge is -1.98. The summed E-state index contributed by atoms with van der Waals surface area (Å²) in [5, 5.41) is 7.11. The second kappa shape index (κ2) is 3.16. The van der Waals surface area contributed by atoms with Crippen LogP contribution in [-0.2, 0) is 4.79 Å². The Morgan fingerprint density at radius 1 is 1.38 bits per heavy atom. The lowest BCUT2D eigenvalue weighted by Crippen LogP contribution is -2.13. The molecular weight excluding hydrogens is 204 g/mol. The number of aromatic nitrogens is 2. The van der Waals surface area contributed by atoms with Crippen LogP contribution in [0.5, 0.6) is 0 Å². The Morgan fingerprint density at radius 2 is 2.19 bits per heavy atom. The molecule has 0 atom stereocenters. The molecule has 1 amide bonds. The molecule has 0 saturated carbocycles. The monoisotopic (exact) mass is 214 g/mol. The van der Waals surface area contributed by atoms with E-state index in [9.17, 15) is 4.79 Å². The van der Waals surface area contributed by atoms with Crippen molar-refractivity contribution in [1.82, 2.24) is 9.66 Å². The van der Waals surface area contributed by atoms with Crippen LogP contribution >= 0.6 is 0 Å². The maximum absolute atomic E-state index is 11.5. The number of benzene rings is 1. The molecule has 0 bridgehead atoms. The average Bonchev–Trinajstić information content (AvgIpc) is 2.49. The molecule has 1 aromatic heterocycles. The summed E-state index contributed by atoms with van der Waals surface area (Å²) in [5.74, 6) is 0.415. The van der Waals surface area contributed by atoms with Crippen molar-refractivity contribution in [3.8, 4) is 0 Å². The highest BCUT2D eigenvalue weighted by Gasteiger charge is 2.16. The molecule has 2 aromatic rings. The van der Waals surface area contributed by atoms with Crippen LogP contribution in [0.1, 0.15) is 13.3 Å². The van der Waals surface area contributed by atoms with E-state index < -0.39 is 0 Å². The highest BCUT2D eigenvalue weighted by atomic mass is 16.1. The number of fused-ring (bicyclic) bond motifs is 3. The van der Waals surface area contributed by atoms with Crippen molar-refractivity contribution in [2.24, 2.45) is 5.10 Å². The Balaban J connectivity index is 2.32. The minimum absolute atomic E-state index is 0.0738. The highest BCUT2D eigenvalue weighted by molar-refractivity contribution is 6.06. The summed E-state index contributed by atoms with van der Waals surface area (Å²) in [5.41, 5.74) is 2.51. The second-order valence-electron chi connectivity index (χ2n) is 3.80. The van der Waals surface area contributed by atoms with Crippen LogP contribution in [-0.4, -0.2) is 21.3 Å². The van der Waals surface area contributed by atoms with Gasteiger partial charge < -0.3 is 0 Å². The largest absolute Gasteiger partial charge is 0.294 e.